The van der Waals surface area contributed by atoms with E-state index in [1.165, 1.54) is 11.3 Å². The zero-order valence-corrected chi connectivity index (χ0v) is 14.8. The SMILES string of the molecule is Cc1nc(-n2cccc2)sc1C(=O)NC1CCN(c2nccs2)C1. The Hall–Kier alpha value is -2.19. The smallest absolute Gasteiger partial charge is 0.263 e. The number of aryl methyl sites for hydroxylation is 1. The maximum absolute atomic E-state index is 12.6. The van der Waals surface area contributed by atoms with Crippen LogP contribution in [0, 0.1) is 6.92 Å². The molecule has 0 radical (unpaired) electrons. The highest BCUT2D eigenvalue weighted by atomic mass is 32.1. The van der Waals surface area contributed by atoms with Gasteiger partial charge in [0.25, 0.3) is 5.91 Å². The summed E-state index contributed by atoms with van der Waals surface area (Å²) in [4.78, 5) is 24.4. The van der Waals surface area contributed by atoms with Crippen molar-refractivity contribution in [1.82, 2.24) is 19.9 Å². The van der Waals surface area contributed by atoms with Gasteiger partial charge in [-0.3, -0.25) is 4.79 Å². The number of rotatable bonds is 4. The molecule has 0 spiro atoms. The van der Waals surface area contributed by atoms with Crippen LogP contribution in [0.5, 0.6) is 0 Å². The van der Waals surface area contributed by atoms with E-state index in [9.17, 15) is 4.79 Å². The predicted octanol–water partition coefficient (Wildman–Crippen LogP) is 2.71. The molecular weight excluding hydrogens is 342 g/mol. The van der Waals surface area contributed by atoms with E-state index >= 15 is 0 Å². The Morgan fingerprint density at radius 2 is 2.17 bits per heavy atom. The van der Waals surface area contributed by atoms with E-state index in [-0.39, 0.29) is 11.9 Å². The molecule has 1 unspecified atom stereocenters. The van der Waals surface area contributed by atoms with Gasteiger partial charge in [0.05, 0.1) is 5.69 Å². The maximum atomic E-state index is 12.6. The van der Waals surface area contributed by atoms with Gasteiger partial charge in [-0.05, 0) is 25.5 Å². The summed E-state index contributed by atoms with van der Waals surface area (Å²) in [6.07, 6.45) is 6.62. The number of hydrogen-bond donors (Lipinski definition) is 1. The molecule has 24 heavy (non-hydrogen) atoms. The summed E-state index contributed by atoms with van der Waals surface area (Å²) in [7, 11) is 0. The van der Waals surface area contributed by atoms with E-state index in [1.807, 2.05) is 47.6 Å². The molecule has 1 fully saturated rings. The number of thiazole rings is 2. The van der Waals surface area contributed by atoms with Gasteiger partial charge < -0.3 is 14.8 Å². The van der Waals surface area contributed by atoms with Crippen molar-refractivity contribution < 1.29 is 4.79 Å². The quantitative estimate of drug-likeness (QED) is 0.778. The number of nitrogens with zero attached hydrogens (tertiary/aromatic N) is 4. The molecule has 3 aromatic heterocycles. The molecule has 1 atom stereocenters. The fourth-order valence-electron chi connectivity index (χ4n) is 2.84. The van der Waals surface area contributed by atoms with Crippen molar-refractivity contribution >= 4 is 33.7 Å². The van der Waals surface area contributed by atoms with Crippen LogP contribution in [0.25, 0.3) is 5.13 Å². The topological polar surface area (TPSA) is 63.1 Å². The molecule has 6 nitrogen and oxygen atoms in total. The molecule has 3 aromatic rings. The fraction of sp³-hybridized carbons (Fsp3) is 0.312. The first kappa shape index (κ1) is 15.3. The Kier molecular flexibility index (Phi) is 4.07. The average molecular weight is 359 g/mol. The summed E-state index contributed by atoms with van der Waals surface area (Å²) in [5, 5.41) is 6.96. The van der Waals surface area contributed by atoms with Gasteiger partial charge in [-0.2, -0.15) is 0 Å². The third-order valence-corrected chi connectivity index (χ3v) is 6.03. The van der Waals surface area contributed by atoms with Crippen molar-refractivity contribution in [2.75, 3.05) is 18.0 Å². The summed E-state index contributed by atoms with van der Waals surface area (Å²) < 4.78 is 1.92. The fourth-order valence-corrected chi connectivity index (χ4v) is 4.46. The summed E-state index contributed by atoms with van der Waals surface area (Å²) in [6.45, 7) is 3.62. The normalized spacial score (nSPS) is 17.4. The molecule has 1 saturated heterocycles. The van der Waals surface area contributed by atoms with Crippen molar-refractivity contribution in [3.63, 3.8) is 0 Å². The van der Waals surface area contributed by atoms with Crippen molar-refractivity contribution in [3.05, 3.63) is 46.7 Å². The van der Waals surface area contributed by atoms with Crippen LogP contribution >= 0.6 is 22.7 Å². The summed E-state index contributed by atoms with van der Waals surface area (Å²) in [5.74, 6) is -0.0330. The van der Waals surface area contributed by atoms with Gasteiger partial charge >= 0.3 is 0 Å². The first-order valence-electron chi connectivity index (χ1n) is 7.77. The van der Waals surface area contributed by atoms with Crippen LogP contribution in [-0.4, -0.2) is 39.6 Å². The second kappa shape index (κ2) is 6.37. The number of carbonyl (C=O) groups excluding carboxylic acids is 1. The molecule has 1 N–H and O–H groups in total. The number of anilines is 1. The van der Waals surface area contributed by atoms with E-state index in [2.05, 4.69) is 20.2 Å². The highest BCUT2D eigenvalue weighted by Crippen LogP contribution is 2.24. The van der Waals surface area contributed by atoms with Gasteiger partial charge in [0, 0.05) is 43.1 Å². The van der Waals surface area contributed by atoms with E-state index in [0.29, 0.717) is 4.88 Å². The van der Waals surface area contributed by atoms with Gasteiger partial charge in [-0.15, -0.1) is 11.3 Å². The Bertz CT molecular complexity index is 825. The van der Waals surface area contributed by atoms with Crippen LogP contribution in [-0.2, 0) is 0 Å². The van der Waals surface area contributed by atoms with E-state index < -0.39 is 0 Å². The van der Waals surface area contributed by atoms with Crippen molar-refractivity contribution in [3.8, 4) is 5.13 Å². The molecule has 4 rings (SSSR count). The minimum atomic E-state index is -0.0330. The number of hydrogen-bond acceptors (Lipinski definition) is 6. The number of aromatic nitrogens is 3. The van der Waals surface area contributed by atoms with Crippen molar-refractivity contribution in [1.29, 1.82) is 0 Å². The van der Waals surface area contributed by atoms with Crippen molar-refractivity contribution in [2.45, 2.75) is 19.4 Å². The van der Waals surface area contributed by atoms with Crippen LogP contribution in [0.15, 0.2) is 36.1 Å². The number of nitrogens with one attached hydrogen (secondary N) is 1. The molecule has 124 valence electrons. The minimum absolute atomic E-state index is 0.0330. The minimum Gasteiger partial charge on any atom is -0.347 e. The average Bonchev–Trinajstić information content (AvgIpc) is 3.34. The third kappa shape index (κ3) is 2.94. The van der Waals surface area contributed by atoms with Crippen LogP contribution in [0.2, 0.25) is 0 Å². The van der Waals surface area contributed by atoms with Gasteiger partial charge in [0.15, 0.2) is 10.3 Å². The molecule has 8 heteroatoms. The highest BCUT2D eigenvalue weighted by molar-refractivity contribution is 7.16. The third-order valence-electron chi connectivity index (χ3n) is 4.03. The zero-order valence-electron chi connectivity index (χ0n) is 13.2. The lowest BCUT2D eigenvalue weighted by Gasteiger charge is -2.15. The first-order chi connectivity index (χ1) is 11.7. The lowest BCUT2D eigenvalue weighted by molar-refractivity contribution is 0.0943. The van der Waals surface area contributed by atoms with Crippen LogP contribution in [0.4, 0.5) is 5.13 Å². The molecule has 0 aliphatic carbocycles. The second-order valence-electron chi connectivity index (χ2n) is 5.72. The van der Waals surface area contributed by atoms with Crippen molar-refractivity contribution in [2.24, 2.45) is 0 Å². The maximum Gasteiger partial charge on any atom is 0.263 e. The highest BCUT2D eigenvalue weighted by Gasteiger charge is 2.27. The number of carbonyl (C=O) groups is 1. The van der Waals surface area contributed by atoms with E-state index in [4.69, 9.17) is 0 Å². The zero-order chi connectivity index (χ0) is 16.5. The molecule has 0 aromatic carbocycles. The first-order valence-corrected chi connectivity index (χ1v) is 9.46. The van der Waals surface area contributed by atoms with Gasteiger partial charge in [-0.25, -0.2) is 9.97 Å². The molecule has 1 aliphatic rings. The largest absolute Gasteiger partial charge is 0.347 e. The monoisotopic (exact) mass is 359 g/mol. The second-order valence-corrected chi connectivity index (χ2v) is 7.57. The van der Waals surface area contributed by atoms with Crippen LogP contribution in [0.1, 0.15) is 21.8 Å². The molecule has 1 amide bonds. The molecule has 4 heterocycles. The molecule has 0 saturated carbocycles. The molecular formula is C16H17N5OS2. The number of amides is 1. The summed E-state index contributed by atoms with van der Waals surface area (Å²) in [5.41, 5.74) is 0.774. The Morgan fingerprint density at radius 3 is 2.92 bits per heavy atom. The predicted molar refractivity (Wildman–Crippen MR) is 96.4 cm³/mol. The summed E-state index contributed by atoms with van der Waals surface area (Å²) in [6, 6.07) is 4.04. The van der Waals surface area contributed by atoms with E-state index in [0.717, 1.165) is 35.5 Å². The Balaban J connectivity index is 1.44. The van der Waals surface area contributed by atoms with Crippen LogP contribution in [0.3, 0.4) is 0 Å². The lowest BCUT2D eigenvalue weighted by atomic mass is 10.2. The standard InChI is InChI=1S/C16H17N5OS2/c1-11-13(24-16(18-11)20-6-2-3-7-20)14(22)19-12-4-8-21(10-12)15-17-5-9-23-15/h2-3,5-7,9,12H,4,8,10H2,1H3,(H,19,22). The Labute approximate surface area is 147 Å². The van der Waals surface area contributed by atoms with Gasteiger partial charge in [-0.1, -0.05) is 11.3 Å². The van der Waals surface area contributed by atoms with Gasteiger partial charge in [0.1, 0.15) is 4.88 Å². The van der Waals surface area contributed by atoms with E-state index in [1.54, 1.807) is 11.3 Å². The van der Waals surface area contributed by atoms with Crippen LogP contribution < -0.4 is 10.2 Å². The summed E-state index contributed by atoms with van der Waals surface area (Å²) >= 11 is 3.06. The van der Waals surface area contributed by atoms with Gasteiger partial charge in [0.2, 0.25) is 0 Å². The Morgan fingerprint density at radius 1 is 1.33 bits per heavy atom. The molecule has 1 aliphatic heterocycles. The molecule has 0 bridgehead atoms. The lowest BCUT2D eigenvalue weighted by Crippen LogP contribution is -2.37.